The average Bonchev–Trinajstić information content (AvgIpc) is 3.02. The van der Waals surface area contributed by atoms with Crippen LogP contribution >= 0.6 is 0 Å². The van der Waals surface area contributed by atoms with Gasteiger partial charge in [0.25, 0.3) is 5.56 Å². The van der Waals surface area contributed by atoms with Crippen molar-refractivity contribution in [3.8, 4) is 11.3 Å². The number of hydrogen-bond acceptors (Lipinski definition) is 4. The number of alkyl halides is 3. The molecule has 2 aromatic heterocycles. The van der Waals surface area contributed by atoms with E-state index in [0.29, 0.717) is 29.9 Å². The lowest BCUT2D eigenvalue weighted by Crippen LogP contribution is -2.50. The van der Waals surface area contributed by atoms with Crippen molar-refractivity contribution in [2.75, 3.05) is 13.1 Å². The van der Waals surface area contributed by atoms with Crippen molar-refractivity contribution in [2.45, 2.75) is 12.2 Å². The number of halogens is 3. The van der Waals surface area contributed by atoms with Crippen LogP contribution in [-0.2, 0) is 18.0 Å². The van der Waals surface area contributed by atoms with E-state index in [4.69, 9.17) is 0 Å². The maximum Gasteiger partial charge on any atom is 0.416 e. The van der Waals surface area contributed by atoms with Crippen LogP contribution in [0, 0.1) is 0 Å². The van der Waals surface area contributed by atoms with E-state index in [1.165, 1.54) is 33.8 Å². The minimum absolute atomic E-state index is 0.216. The van der Waals surface area contributed by atoms with E-state index in [1.54, 1.807) is 11.9 Å². The molecule has 150 valence electrons. The molecule has 1 aromatic carbocycles. The molecule has 0 unspecified atom stereocenters. The van der Waals surface area contributed by atoms with Crippen molar-refractivity contribution in [3.63, 3.8) is 0 Å². The maximum atomic E-state index is 12.9. The summed E-state index contributed by atoms with van der Waals surface area (Å²) in [7, 11) is 1.55. The quantitative estimate of drug-likeness (QED) is 0.630. The zero-order valence-electron chi connectivity index (χ0n) is 15.3. The number of amides is 1. The molecule has 7 nitrogen and oxygen atoms in total. The fourth-order valence-electron chi connectivity index (χ4n) is 3.31. The first-order valence-corrected chi connectivity index (χ1v) is 8.73. The fourth-order valence-corrected chi connectivity index (χ4v) is 3.31. The van der Waals surface area contributed by atoms with Gasteiger partial charge < -0.3 is 9.47 Å². The number of fused-ring (bicyclic) bond motifs is 1. The minimum atomic E-state index is -4.44. The van der Waals surface area contributed by atoms with Gasteiger partial charge in [0.2, 0.25) is 5.91 Å². The van der Waals surface area contributed by atoms with Gasteiger partial charge in [-0.05, 0) is 18.2 Å². The Hall–Kier alpha value is -3.43. The molecule has 0 saturated carbocycles. The van der Waals surface area contributed by atoms with E-state index in [1.807, 2.05) is 0 Å². The minimum Gasteiger partial charge on any atom is -0.335 e. The number of aromatic nitrogens is 4. The zero-order valence-corrected chi connectivity index (χ0v) is 15.3. The Bertz CT molecular complexity index is 1170. The van der Waals surface area contributed by atoms with Crippen LogP contribution in [0.2, 0.25) is 0 Å². The van der Waals surface area contributed by atoms with E-state index in [2.05, 4.69) is 16.7 Å². The number of rotatable bonds is 3. The van der Waals surface area contributed by atoms with Crippen molar-refractivity contribution in [1.29, 1.82) is 0 Å². The topological polar surface area (TPSA) is 73.0 Å². The van der Waals surface area contributed by atoms with Crippen molar-refractivity contribution in [3.05, 3.63) is 59.2 Å². The Morgan fingerprint density at radius 3 is 2.48 bits per heavy atom. The highest BCUT2D eigenvalue weighted by Gasteiger charge is 2.34. The van der Waals surface area contributed by atoms with Crippen LogP contribution in [0.5, 0.6) is 0 Å². The summed E-state index contributed by atoms with van der Waals surface area (Å²) in [6.45, 7) is 4.15. The zero-order chi connectivity index (χ0) is 20.9. The smallest absolute Gasteiger partial charge is 0.335 e. The van der Waals surface area contributed by atoms with Crippen molar-refractivity contribution in [1.82, 2.24) is 24.2 Å². The summed E-state index contributed by atoms with van der Waals surface area (Å²) in [5.74, 6) is -0.216. The predicted octanol–water partition coefficient (Wildman–Crippen LogP) is 2.39. The van der Waals surface area contributed by atoms with Crippen molar-refractivity contribution in [2.24, 2.45) is 7.05 Å². The van der Waals surface area contributed by atoms with Crippen LogP contribution in [0.3, 0.4) is 0 Å². The normalized spacial score (nSPS) is 14.8. The van der Waals surface area contributed by atoms with Crippen molar-refractivity contribution >= 4 is 16.9 Å². The van der Waals surface area contributed by atoms with Gasteiger partial charge in [-0.1, -0.05) is 18.7 Å². The molecule has 0 bridgehead atoms. The third-order valence-corrected chi connectivity index (χ3v) is 4.95. The Morgan fingerprint density at radius 1 is 1.24 bits per heavy atom. The summed E-state index contributed by atoms with van der Waals surface area (Å²) in [4.78, 5) is 30.3. The van der Waals surface area contributed by atoms with Gasteiger partial charge in [-0.3, -0.25) is 14.3 Å². The Labute approximate surface area is 162 Å². The Balaban J connectivity index is 1.80. The molecule has 0 atom stereocenters. The lowest BCUT2D eigenvalue weighted by molar-refractivity contribution is -0.137. The van der Waals surface area contributed by atoms with Gasteiger partial charge in [-0.2, -0.15) is 18.3 Å². The van der Waals surface area contributed by atoms with Gasteiger partial charge in [-0.15, -0.1) is 0 Å². The third kappa shape index (κ3) is 3.10. The monoisotopic (exact) mass is 403 g/mol. The fraction of sp³-hybridized carbons (Fsp3) is 0.263. The second kappa shape index (κ2) is 6.57. The molecule has 1 fully saturated rings. The van der Waals surface area contributed by atoms with Crippen molar-refractivity contribution < 1.29 is 18.0 Å². The number of carbonyl (C=O) groups is 1. The highest BCUT2D eigenvalue weighted by Crippen LogP contribution is 2.33. The lowest BCUT2D eigenvalue weighted by atomic mass is 10.1. The summed E-state index contributed by atoms with van der Waals surface area (Å²) in [5, 5.41) is 4.49. The molecule has 29 heavy (non-hydrogen) atoms. The largest absolute Gasteiger partial charge is 0.416 e. The molecule has 0 aliphatic carbocycles. The van der Waals surface area contributed by atoms with E-state index >= 15 is 0 Å². The summed E-state index contributed by atoms with van der Waals surface area (Å²) >= 11 is 0. The summed E-state index contributed by atoms with van der Waals surface area (Å²) in [6, 6.07) is 4.32. The number of nitrogens with zero attached hydrogens (tertiary/aromatic N) is 5. The van der Waals surface area contributed by atoms with Crippen LogP contribution in [-0.4, -0.2) is 43.2 Å². The Morgan fingerprint density at radius 2 is 1.90 bits per heavy atom. The summed E-state index contributed by atoms with van der Waals surface area (Å²) < 4.78 is 41.4. The molecule has 0 radical (unpaired) electrons. The Kier molecular flexibility index (Phi) is 4.29. The molecule has 1 aliphatic rings. The van der Waals surface area contributed by atoms with E-state index in [-0.39, 0.29) is 23.0 Å². The standard InChI is InChI=1S/C19H16F3N5O2/c1-3-14(28)26-8-13(9-26)27-17-16(23-10-25(2)18(17)29)15(24-27)11-4-6-12(7-5-11)19(20,21)22/h3-7,10,13H,1,8-9H2,2H3. The molecule has 1 aliphatic heterocycles. The SMILES string of the molecule is C=CC(=O)N1CC(n2nc(-c3ccc(C(F)(F)F)cc3)c3ncn(C)c(=O)c32)C1. The number of carbonyl (C=O) groups excluding carboxylic acids is 1. The molecule has 0 N–H and O–H groups in total. The molecule has 10 heteroatoms. The number of aryl methyl sites for hydroxylation is 1. The van der Waals surface area contributed by atoms with Crippen LogP contribution in [0.25, 0.3) is 22.3 Å². The first kappa shape index (κ1) is 18.9. The van der Waals surface area contributed by atoms with E-state index in [9.17, 15) is 22.8 Å². The molecular formula is C19H16F3N5O2. The number of hydrogen-bond donors (Lipinski definition) is 0. The third-order valence-electron chi connectivity index (χ3n) is 4.95. The van der Waals surface area contributed by atoms with Crippen LogP contribution in [0.4, 0.5) is 13.2 Å². The highest BCUT2D eigenvalue weighted by molar-refractivity contribution is 5.90. The van der Waals surface area contributed by atoms with E-state index in [0.717, 1.165) is 12.1 Å². The maximum absolute atomic E-state index is 12.9. The lowest BCUT2D eigenvalue weighted by Gasteiger charge is -2.38. The molecular weight excluding hydrogens is 387 g/mol. The average molecular weight is 403 g/mol. The second-order valence-corrected chi connectivity index (χ2v) is 6.83. The number of benzene rings is 1. The molecule has 3 heterocycles. The van der Waals surface area contributed by atoms with Gasteiger partial charge in [0.15, 0.2) is 5.52 Å². The van der Waals surface area contributed by atoms with Crippen LogP contribution < -0.4 is 5.56 Å². The predicted molar refractivity (Wildman–Crippen MR) is 99.0 cm³/mol. The first-order valence-electron chi connectivity index (χ1n) is 8.73. The van der Waals surface area contributed by atoms with Gasteiger partial charge in [-0.25, -0.2) is 4.98 Å². The first-order chi connectivity index (χ1) is 13.7. The number of likely N-dealkylation sites (tertiary alicyclic amines) is 1. The van der Waals surface area contributed by atoms with Gasteiger partial charge in [0.1, 0.15) is 11.2 Å². The van der Waals surface area contributed by atoms with E-state index < -0.39 is 11.7 Å². The molecule has 0 spiro atoms. The van der Waals surface area contributed by atoms with Gasteiger partial charge in [0, 0.05) is 25.7 Å². The summed E-state index contributed by atoms with van der Waals surface area (Å²) in [5.41, 5.74) is 0.198. The van der Waals surface area contributed by atoms with Gasteiger partial charge in [0.05, 0.1) is 17.9 Å². The molecule has 1 saturated heterocycles. The molecule has 1 amide bonds. The highest BCUT2D eigenvalue weighted by atomic mass is 19.4. The second-order valence-electron chi connectivity index (χ2n) is 6.83. The summed E-state index contributed by atoms with van der Waals surface area (Å²) in [6.07, 6.45) is -1.88. The van der Waals surface area contributed by atoms with Crippen LogP contribution in [0.15, 0.2) is 48.0 Å². The van der Waals surface area contributed by atoms with Gasteiger partial charge >= 0.3 is 6.18 Å². The van der Waals surface area contributed by atoms with Crippen LogP contribution in [0.1, 0.15) is 11.6 Å². The molecule has 4 rings (SSSR count). The molecule has 3 aromatic rings.